The fourth-order valence-corrected chi connectivity index (χ4v) is 5.83. The van der Waals surface area contributed by atoms with Crippen LogP contribution in [0.15, 0.2) is 72.8 Å². The van der Waals surface area contributed by atoms with Gasteiger partial charge in [0, 0.05) is 22.5 Å². The zero-order valence-corrected chi connectivity index (χ0v) is 23.7. The summed E-state index contributed by atoms with van der Waals surface area (Å²) in [7, 11) is 1.67. The quantitative estimate of drug-likeness (QED) is 0.208. The number of methoxy groups -OCH3 is 1. The Morgan fingerprint density at radius 2 is 1.68 bits per heavy atom. The van der Waals surface area contributed by atoms with Gasteiger partial charge in [0.15, 0.2) is 0 Å². The van der Waals surface area contributed by atoms with Crippen LogP contribution in [-0.4, -0.2) is 40.4 Å². The number of benzene rings is 3. The van der Waals surface area contributed by atoms with E-state index in [1.54, 1.807) is 13.2 Å². The number of carbonyl (C=O) groups is 2. The molecule has 8 heteroatoms. The fourth-order valence-electron chi connectivity index (χ4n) is 4.87. The molecule has 0 aliphatic rings. The number of nitrogens with zero attached hydrogens (tertiary/aromatic N) is 2. The SMILES string of the molecule is COc1ccc2cc(-c3cc(-c4cc(C)cc(C)c4)nn3C(C)c3ccc(C(=O)NCCC(=O)O)s3)ccc2c1. The Labute approximate surface area is 237 Å². The van der Waals surface area contributed by atoms with Crippen LogP contribution in [0.25, 0.3) is 33.3 Å². The van der Waals surface area contributed by atoms with Crippen molar-refractivity contribution in [2.75, 3.05) is 13.7 Å². The van der Waals surface area contributed by atoms with Gasteiger partial charge in [-0.15, -0.1) is 11.3 Å². The minimum Gasteiger partial charge on any atom is -0.497 e. The molecule has 0 saturated heterocycles. The van der Waals surface area contributed by atoms with Gasteiger partial charge >= 0.3 is 5.97 Å². The lowest BCUT2D eigenvalue weighted by molar-refractivity contribution is -0.136. The number of hydrogen-bond acceptors (Lipinski definition) is 5. The van der Waals surface area contributed by atoms with Crippen molar-refractivity contribution >= 4 is 34.0 Å². The van der Waals surface area contributed by atoms with Crippen LogP contribution >= 0.6 is 11.3 Å². The zero-order chi connectivity index (χ0) is 28.4. The van der Waals surface area contributed by atoms with Crippen LogP contribution in [0.3, 0.4) is 0 Å². The van der Waals surface area contributed by atoms with E-state index in [0.29, 0.717) is 4.88 Å². The van der Waals surface area contributed by atoms with Gasteiger partial charge in [0.1, 0.15) is 5.75 Å². The summed E-state index contributed by atoms with van der Waals surface area (Å²) in [6, 6.07) is 24.5. The minimum atomic E-state index is -0.945. The number of hydrogen-bond donors (Lipinski definition) is 2. The standard InChI is InChI=1S/C32H31N3O4S/c1-19-13-20(2)15-25(14-19)27-18-28(24-6-5-23-17-26(39-4)8-7-22(23)16-24)35(34-27)21(3)29-9-10-30(40-29)32(38)33-12-11-31(36)37/h5-10,13-18,21H,11-12H2,1-4H3,(H,33,38)(H,36,37). The van der Waals surface area contributed by atoms with Gasteiger partial charge in [-0.05, 0) is 80.1 Å². The van der Waals surface area contributed by atoms with Gasteiger partial charge in [-0.1, -0.05) is 35.4 Å². The van der Waals surface area contributed by atoms with Crippen LogP contribution < -0.4 is 10.1 Å². The van der Waals surface area contributed by atoms with Crippen molar-refractivity contribution in [2.24, 2.45) is 0 Å². The van der Waals surface area contributed by atoms with Crippen LogP contribution in [0.4, 0.5) is 0 Å². The van der Waals surface area contributed by atoms with E-state index >= 15 is 0 Å². The van der Waals surface area contributed by atoms with E-state index in [1.165, 1.54) is 22.5 Å². The van der Waals surface area contributed by atoms with Crippen molar-refractivity contribution in [3.8, 4) is 28.3 Å². The summed E-state index contributed by atoms with van der Waals surface area (Å²) in [4.78, 5) is 24.9. The van der Waals surface area contributed by atoms with E-state index in [4.69, 9.17) is 14.9 Å². The minimum absolute atomic E-state index is 0.0906. The third-order valence-corrected chi connectivity index (χ3v) is 8.10. The van der Waals surface area contributed by atoms with Crippen molar-refractivity contribution in [1.29, 1.82) is 0 Å². The molecule has 0 aliphatic carbocycles. The average Bonchev–Trinajstić information content (AvgIpc) is 3.60. The second-order valence-corrected chi connectivity index (χ2v) is 11.1. The molecule has 2 heterocycles. The van der Waals surface area contributed by atoms with E-state index in [-0.39, 0.29) is 24.9 Å². The number of thiophene rings is 1. The predicted molar refractivity (Wildman–Crippen MR) is 159 cm³/mol. The van der Waals surface area contributed by atoms with Crippen LogP contribution in [-0.2, 0) is 4.79 Å². The Morgan fingerprint density at radius 1 is 0.950 bits per heavy atom. The highest BCUT2D eigenvalue weighted by Crippen LogP contribution is 2.35. The first-order valence-electron chi connectivity index (χ1n) is 13.1. The normalized spacial score (nSPS) is 11.9. The summed E-state index contributed by atoms with van der Waals surface area (Å²) in [6.07, 6.45) is -0.114. The third kappa shape index (κ3) is 5.77. The third-order valence-electron chi connectivity index (χ3n) is 6.85. The van der Waals surface area contributed by atoms with Crippen LogP contribution in [0.1, 0.15) is 45.1 Å². The predicted octanol–water partition coefficient (Wildman–Crippen LogP) is 6.87. The lowest BCUT2D eigenvalue weighted by Gasteiger charge is -2.15. The molecule has 40 heavy (non-hydrogen) atoms. The molecule has 0 saturated carbocycles. The molecule has 7 nitrogen and oxygen atoms in total. The Kier molecular flexibility index (Phi) is 7.71. The van der Waals surface area contributed by atoms with E-state index in [9.17, 15) is 9.59 Å². The molecule has 0 radical (unpaired) electrons. The lowest BCUT2D eigenvalue weighted by atomic mass is 10.0. The summed E-state index contributed by atoms with van der Waals surface area (Å²) in [5, 5.41) is 18.8. The summed E-state index contributed by atoms with van der Waals surface area (Å²) >= 11 is 1.39. The van der Waals surface area contributed by atoms with E-state index in [0.717, 1.165) is 43.9 Å². The zero-order valence-electron chi connectivity index (χ0n) is 22.9. The summed E-state index contributed by atoms with van der Waals surface area (Å²) in [5.74, 6) is -0.401. The number of rotatable bonds is 9. The molecule has 0 aliphatic heterocycles. The maximum absolute atomic E-state index is 12.6. The van der Waals surface area contributed by atoms with Crippen molar-refractivity contribution in [3.05, 3.63) is 93.7 Å². The fraction of sp³-hybridized carbons (Fsp3) is 0.219. The van der Waals surface area contributed by atoms with Gasteiger partial charge in [0.2, 0.25) is 0 Å². The second kappa shape index (κ2) is 11.4. The Hall–Kier alpha value is -4.43. The van der Waals surface area contributed by atoms with Gasteiger partial charge in [0.25, 0.3) is 5.91 Å². The van der Waals surface area contributed by atoms with Gasteiger partial charge in [-0.2, -0.15) is 5.10 Å². The van der Waals surface area contributed by atoms with Gasteiger partial charge in [-0.25, -0.2) is 0 Å². The number of nitrogens with one attached hydrogen (secondary N) is 1. The summed E-state index contributed by atoms with van der Waals surface area (Å²) in [6.45, 7) is 6.34. The number of amides is 1. The molecule has 0 fully saturated rings. The molecule has 5 rings (SSSR count). The van der Waals surface area contributed by atoms with Crippen molar-refractivity contribution in [2.45, 2.75) is 33.2 Å². The molecule has 3 aromatic carbocycles. The van der Waals surface area contributed by atoms with Crippen LogP contribution in [0.5, 0.6) is 5.75 Å². The molecule has 2 aromatic heterocycles. The van der Waals surface area contributed by atoms with Gasteiger partial charge < -0.3 is 15.2 Å². The number of aryl methyl sites for hydroxylation is 2. The van der Waals surface area contributed by atoms with E-state index in [1.807, 2.05) is 22.9 Å². The van der Waals surface area contributed by atoms with Gasteiger partial charge in [-0.3, -0.25) is 14.3 Å². The molecule has 1 atom stereocenters. The smallest absolute Gasteiger partial charge is 0.305 e. The Morgan fingerprint density at radius 3 is 2.40 bits per heavy atom. The van der Waals surface area contributed by atoms with Crippen LogP contribution in [0.2, 0.25) is 0 Å². The topological polar surface area (TPSA) is 93.5 Å². The van der Waals surface area contributed by atoms with Crippen molar-refractivity contribution in [1.82, 2.24) is 15.1 Å². The Bertz CT molecular complexity index is 1700. The molecule has 1 unspecified atom stereocenters. The molecular weight excluding hydrogens is 522 g/mol. The molecule has 0 bridgehead atoms. The molecule has 0 spiro atoms. The van der Waals surface area contributed by atoms with Crippen molar-refractivity contribution < 1.29 is 19.4 Å². The largest absolute Gasteiger partial charge is 0.497 e. The van der Waals surface area contributed by atoms with Crippen molar-refractivity contribution in [3.63, 3.8) is 0 Å². The molecular formula is C32H31N3O4S. The first-order valence-corrected chi connectivity index (χ1v) is 13.9. The maximum atomic E-state index is 12.6. The van der Waals surface area contributed by atoms with E-state index < -0.39 is 5.97 Å². The summed E-state index contributed by atoms with van der Waals surface area (Å²) < 4.78 is 7.42. The first-order chi connectivity index (χ1) is 19.2. The number of fused-ring (bicyclic) bond motifs is 1. The highest BCUT2D eigenvalue weighted by atomic mass is 32.1. The Balaban J connectivity index is 1.54. The first kappa shape index (κ1) is 27.1. The highest BCUT2D eigenvalue weighted by molar-refractivity contribution is 7.14. The van der Waals surface area contributed by atoms with E-state index in [2.05, 4.69) is 74.6 Å². The number of carbonyl (C=O) groups excluding carboxylic acids is 1. The number of carboxylic acid groups (broad SMARTS) is 1. The van der Waals surface area contributed by atoms with Gasteiger partial charge in [0.05, 0.1) is 35.8 Å². The molecule has 204 valence electrons. The lowest BCUT2D eigenvalue weighted by Crippen LogP contribution is -2.25. The van der Waals surface area contributed by atoms with Crippen LogP contribution in [0, 0.1) is 13.8 Å². The maximum Gasteiger partial charge on any atom is 0.305 e. The number of ether oxygens (including phenoxy) is 1. The highest BCUT2D eigenvalue weighted by Gasteiger charge is 2.21. The molecule has 1 amide bonds. The molecule has 5 aromatic rings. The number of aromatic nitrogens is 2. The number of aliphatic carboxylic acids is 1. The average molecular weight is 554 g/mol. The second-order valence-electron chi connectivity index (χ2n) is 9.94. The molecule has 2 N–H and O–H groups in total. The summed E-state index contributed by atoms with van der Waals surface area (Å²) in [5.41, 5.74) is 6.30. The number of carboxylic acids is 1. The monoisotopic (exact) mass is 553 g/mol.